The molecule has 9 heteroatoms. The minimum atomic E-state index is -0.361. The topological polar surface area (TPSA) is 79.8 Å². The first-order valence-electron chi connectivity index (χ1n) is 9.46. The highest BCUT2D eigenvalue weighted by Gasteiger charge is 2.25. The fraction of sp³-hybridized carbons (Fsp3) is 0.0909. The van der Waals surface area contributed by atoms with Crippen LogP contribution in [-0.2, 0) is 11.3 Å². The molecule has 1 aliphatic heterocycles. The molecule has 1 amide bonds. The van der Waals surface area contributed by atoms with Gasteiger partial charge in [-0.15, -0.1) is 11.3 Å². The zero-order chi connectivity index (χ0) is 21.5. The normalized spacial score (nSPS) is 13.5. The Morgan fingerprint density at radius 1 is 1.19 bits per heavy atom. The highest BCUT2D eigenvalue weighted by Crippen LogP contribution is 2.30. The molecule has 1 N–H and O–H groups in total. The van der Waals surface area contributed by atoms with Gasteiger partial charge in [0.15, 0.2) is 4.80 Å². The molecule has 0 saturated heterocycles. The third kappa shape index (κ3) is 3.58. The average molecular weight is 511 g/mol. The first kappa shape index (κ1) is 20.0. The molecule has 0 radical (unpaired) electrons. The molecule has 2 aromatic carbocycles. The molecule has 3 heterocycles. The van der Waals surface area contributed by atoms with Crippen LogP contribution >= 0.6 is 38.6 Å². The van der Waals surface area contributed by atoms with Crippen LogP contribution in [0.15, 0.2) is 68.4 Å². The van der Waals surface area contributed by atoms with Crippen LogP contribution in [0.2, 0.25) is 0 Å². The summed E-state index contributed by atoms with van der Waals surface area (Å²) in [7, 11) is 0. The summed E-state index contributed by atoms with van der Waals surface area (Å²) in [5.41, 5.74) is 2.27. The average Bonchev–Trinajstić information content (AvgIpc) is 3.44. The van der Waals surface area contributed by atoms with Gasteiger partial charge >= 0.3 is 0 Å². The molecule has 0 saturated carbocycles. The second kappa shape index (κ2) is 7.99. The molecule has 0 fully saturated rings. The second-order valence-electron chi connectivity index (χ2n) is 6.73. The van der Waals surface area contributed by atoms with Crippen LogP contribution in [0.25, 0.3) is 16.8 Å². The fourth-order valence-electron chi connectivity index (χ4n) is 3.38. The van der Waals surface area contributed by atoms with Gasteiger partial charge in [0.25, 0.3) is 5.91 Å². The Labute approximate surface area is 193 Å². The van der Waals surface area contributed by atoms with Gasteiger partial charge < -0.3 is 5.11 Å². The van der Waals surface area contributed by atoms with Crippen LogP contribution < -0.4 is 15.4 Å². The molecule has 0 unspecified atom stereocenters. The van der Waals surface area contributed by atoms with E-state index in [1.165, 1.54) is 22.7 Å². The molecule has 0 aliphatic carbocycles. The Balaban J connectivity index is 1.66. The predicted octanol–water partition coefficient (Wildman–Crippen LogP) is 3.75. The number of aromatic nitrogens is 2. The van der Waals surface area contributed by atoms with Crippen LogP contribution in [0.5, 0.6) is 5.88 Å². The lowest BCUT2D eigenvalue weighted by atomic mass is 10.1. The summed E-state index contributed by atoms with van der Waals surface area (Å²) < 4.78 is 2.52. The lowest BCUT2D eigenvalue weighted by Gasteiger charge is -2.01. The Morgan fingerprint density at radius 2 is 2.00 bits per heavy atom. The molecule has 31 heavy (non-hydrogen) atoms. The monoisotopic (exact) mass is 510 g/mol. The number of fused-ring (bicyclic) bond motifs is 1. The Kier molecular flexibility index (Phi) is 5.17. The first-order valence-corrected chi connectivity index (χ1v) is 12.0. The summed E-state index contributed by atoms with van der Waals surface area (Å²) in [6.45, 7) is 2.42. The molecule has 0 spiro atoms. The van der Waals surface area contributed by atoms with Crippen molar-refractivity contribution in [3.05, 3.63) is 78.6 Å². The van der Waals surface area contributed by atoms with Gasteiger partial charge in [-0.25, -0.2) is 9.98 Å². The van der Waals surface area contributed by atoms with Crippen LogP contribution in [0.4, 0.5) is 5.13 Å². The molecular formula is C22H15BrN4O2S2. The quantitative estimate of drug-likeness (QED) is 0.453. The Bertz CT molecular complexity index is 1520. The number of amides is 1. The summed E-state index contributed by atoms with van der Waals surface area (Å²) in [4.78, 5) is 27.1. The van der Waals surface area contributed by atoms with Gasteiger partial charge in [-0.1, -0.05) is 57.6 Å². The molecular weight excluding hydrogens is 496 g/mol. The van der Waals surface area contributed by atoms with E-state index < -0.39 is 0 Å². The number of benzene rings is 2. The molecule has 4 aromatic rings. The number of thiazole rings is 2. The van der Waals surface area contributed by atoms with E-state index in [0.29, 0.717) is 37.5 Å². The highest BCUT2D eigenvalue weighted by molar-refractivity contribution is 9.10. The van der Waals surface area contributed by atoms with Gasteiger partial charge in [0, 0.05) is 27.2 Å². The van der Waals surface area contributed by atoms with E-state index in [9.17, 15) is 9.90 Å². The number of nitrogens with zero attached hydrogens (tertiary/aromatic N) is 4. The number of rotatable bonds is 4. The van der Waals surface area contributed by atoms with E-state index in [2.05, 4.69) is 30.9 Å². The number of hydrogen-bond donors (Lipinski definition) is 1. The van der Waals surface area contributed by atoms with Crippen molar-refractivity contribution in [1.82, 2.24) is 9.55 Å². The second-order valence-corrected chi connectivity index (χ2v) is 9.46. The predicted molar refractivity (Wildman–Crippen MR) is 125 cm³/mol. The van der Waals surface area contributed by atoms with Crippen LogP contribution in [0, 0.1) is 0 Å². The Morgan fingerprint density at radius 3 is 2.77 bits per heavy atom. The molecule has 0 bridgehead atoms. The standard InChI is InChI=1S/C22H15BrN4O2S2/c1-2-27-20(29)18(17-14-10-13(23)8-9-15(14)24-19(17)28)31-22(27)26-21-25-16(11-30-21)12-6-4-3-5-7-12/h3-11,29H,2H2,1H3/b26-22+. The van der Waals surface area contributed by atoms with Gasteiger partial charge in [-0.05, 0) is 25.1 Å². The SMILES string of the molecule is CCn1c(O)c(C2=c3cc(Br)ccc3=NC2=O)s/c1=N/c1nc(-c2ccccc2)cs1. The van der Waals surface area contributed by atoms with E-state index in [4.69, 9.17) is 0 Å². The number of hydrogen-bond acceptors (Lipinski definition) is 6. The van der Waals surface area contributed by atoms with Gasteiger partial charge in [-0.2, -0.15) is 4.99 Å². The van der Waals surface area contributed by atoms with Crippen molar-refractivity contribution in [3.63, 3.8) is 0 Å². The van der Waals surface area contributed by atoms with Crippen molar-refractivity contribution in [2.24, 2.45) is 9.98 Å². The summed E-state index contributed by atoms with van der Waals surface area (Å²) in [5.74, 6) is -0.350. The minimum Gasteiger partial charge on any atom is -0.493 e. The maximum Gasteiger partial charge on any atom is 0.279 e. The summed E-state index contributed by atoms with van der Waals surface area (Å²) in [6, 6.07) is 15.4. The molecule has 2 aromatic heterocycles. The van der Waals surface area contributed by atoms with Gasteiger partial charge in [-0.3, -0.25) is 9.36 Å². The smallest absolute Gasteiger partial charge is 0.279 e. The van der Waals surface area contributed by atoms with Crippen molar-refractivity contribution in [2.75, 3.05) is 0 Å². The van der Waals surface area contributed by atoms with Crippen molar-refractivity contribution in [3.8, 4) is 17.1 Å². The molecule has 154 valence electrons. The third-order valence-corrected chi connectivity index (χ3v) is 7.16. The number of halogens is 1. The number of carbonyl (C=O) groups excluding carboxylic acids is 1. The van der Waals surface area contributed by atoms with Crippen molar-refractivity contribution in [2.45, 2.75) is 13.5 Å². The zero-order valence-electron chi connectivity index (χ0n) is 16.2. The molecule has 0 atom stereocenters. The van der Waals surface area contributed by atoms with E-state index in [0.717, 1.165) is 15.7 Å². The van der Waals surface area contributed by atoms with Crippen LogP contribution in [0.3, 0.4) is 0 Å². The van der Waals surface area contributed by atoms with Gasteiger partial charge in [0.2, 0.25) is 11.0 Å². The van der Waals surface area contributed by atoms with E-state index in [1.54, 1.807) is 10.6 Å². The first-order chi connectivity index (χ1) is 15.0. The molecule has 1 aliphatic rings. The van der Waals surface area contributed by atoms with Gasteiger partial charge in [0.05, 0.1) is 16.6 Å². The molecule has 5 rings (SSSR count). The van der Waals surface area contributed by atoms with Crippen LogP contribution in [0.1, 0.15) is 11.8 Å². The zero-order valence-corrected chi connectivity index (χ0v) is 19.5. The third-order valence-electron chi connectivity index (χ3n) is 4.84. The maximum absolute atomic E-state index is 12.6. The van der Waals surface area contributed by atoms with E-state index in [-0.39, 0.29) is 11.8 Å². The van der Waals surface area contributed by atoms with Crippen molar-refractivity contribution in [1.29, 1.82) is 0 Å². The van der Waals surface area contributed by atoms with Crippen LogP contribution in [-0.4, -0.2) is 20.6 Å². The summed E-state index contributed by atoms with van der Waals surface area (Å²) in [5, 5.41) is 14.8. The highest BCUT2D eigenvalue weighted by atomic mass is 79.9. The van der Waals surface area contributed by atoms with Gasteiger partial charge in [0.1, 0.15) is 4.88 Å². The van der Waals surface area contributed by atoms with Crippen molar-refractivity contribution < 1.29 is 9.90 Å². The van der Waals surface area contributed by atoms with E-state index >= 15 is 0 Å². The lowest BCUT2D eigenvalue weighted by Crippen LogP contribution is -2.22. The van der Waals surface area contributed by atoms with Crippen molar-refractivity contribution >= 4 is 55.2 Å². The maximum atomic E-state index is 12.6. The Hall–Kier alpha value is -2.88. The lowest BCUT2D eigenvalue weighted by molar-refractivity contribution is -0.112. The molecule has 6 nitrogen and oxygen atoms in total. The number of aromatic hydroxyl groups is 1. The minimum absolute atomic E-state index is 0.0115. The number of carbonyl (C=O) groups is 1. The largest absolute Gasteiger partial charge is 0.493 e. The van der Waals surface area contributed by atoms with E-state index in [1.807, 2.05) is 54.8 Å². The summed E-state index contributed by atoms with van der Waals surface area (Å²) >= 11 is 6.14. The fourth-order valence-corrected chi connectivity index (χ4v) is 5.64. The summed E-state index contributed by atoms with van der Waals surface area (Å²) in [6.07, 6.45) is 0.